The number of halogens is 3. The third kappa shape index (κ3) is 2.48. The molecule has 0 nitrogen and oxygen atoms in total. The first-order valence-corrected chi connectivity index (χ1v) is 5.81. The molecule has 96 valence electrons. The van der Waals surface area contributed by atoms with Crippen molar-refractivity contribution in [3.8, 4) is 23.5 Å². The molecule has 0 fully saturated rings. The molecule has 2 aromatic carbocycles. The van der Waals surface area contributed by atoms with Crippen molar-refractivity contribution in [1.82, 2.24) is 0 Å². The van der Waals surface area contributed by atoms with Crippen LogP contribution in [0.1, 0.15) is 18.1 Å². The van der Waals surface area contributed by atoms with Crippen LogP contribution in [0, 0.1) is 29.8 Å². The van der Waals surface area contributed by atoms with Gasteiger partial charge in [0, 0.05) is 5.56 Å². The summed E-state index contributed by atoms with van der Waals surface area (Å²) >= 11 is 0. The zero-order chi connectivity index (χ0) is 14.0. The quantitative estimate of drug-likeness (QED) is 0.706. The summed E-state index contributed by atoms with van der Waals surface area (Å²) in [4.78, 5) is 0. The van der Waals surface area contributed by atoms with Crippen LogP contribution in [0.25, 0.3) is 11.1 Å². The molecule has 0 spiro atoms. The Labute approximate surface area is 109 Å². The Morgan fingerprint density at radius 3 is 2.11 bits per heavy atom. The number of aryl methyl sites for hydroxylation is 1. The summed E-state index contributed by atoms with van der Waals surface area (Å²) in [6.07, 6.45) is 5.69. The number of rotatable bonds is 2. The summed E-state index contributed by atoms with van der Waals surface area (Å²) in [7, 11) is 0. The Kier molecular flexibility index (Phi) is 3.62. The molecule has 3 heteroatoms. The fourth-order valence-electron chi connectivity index (χ4n) is 1.88. The third-order valence-corrected chi connectivity index (χ3v) is 2.94. The molecule has 0 saturated heterocycles. The van der Waals surface area contributed by atoms with Gasteiger partial charge in [0.15, 0.2) is 0 Å². The predicted octanol–water partition coefficient (Wildman–Crippen LogP) is 4.31. The molecule has 0 bridgehead atoms. The summed E-state index contributed by atoms with van der Waals surface area (Å²) < 4.78 is 41.0. The van der Waals surface area contributed by atoms with E-state index in [1.54, 1.807) is 6.07 Å². The van der Waals surface area contributed by atoms with Gasteiger partial charge in [-0.1, -0.05) is 25.0 Å². The van der Waals surface area contributed by atoms with E-state index >= 15 is 0 Å². The molecule has 0 amide bonds. The zero-order valence-corrected chi connectivity index (χ0v) is 10.3. The lowest BCUT2D eigenvalue weighted by Crippen LogP contribution is -1.94. The van der Waals surface area contributed by atoms with E-state index in [9.17, 15) is 13.2 Å². The lowest BCUT2D eigenvalue weighted by atomic mass is 10.0. The first-order chi connectivity index (χ1) is 9.06. The molecule has 0 aromatic heterocycles. The second kappa shape index (κ2) is 5.19. The van der Waals surface area contributed by atoms with Crippen LogP contribution in [0.4, 0.5) is 13.2 Å². The van der Waals surface area contributed by atoms with Gasteiger partial charge in [-0.15, -0.1) is 6.42 Å². The highest BCUT2D eigenvalue weighted by Crippen LogP contribution is 2.27. The van der Waals surface area contributed by atoms with E-state index < -0.39 is 23.0 Å². The topological polar surface area (TPSA) is 0 Å². The van der Waals surface area contributed by atoms with Crippen molar-refractivity contribution in [2.45, 2.75) is 13.3 Å². The molecule has 0 heterocycles. The molecule has 2 rings (SSSR count). The Morgan fingerprint density at radius 2 is 1.63 bits per heavy atom. The molecule has 0 aliphatic heterocycles. The average molecular weight is 260 g/mol. The van der Waals surface area contributed by atoms with Crippen molar-refractivity contribution in [2.75, 3.05) is 0 Å². The first kappa shape index (κ1) is 13.2. The predicted molar refractivity (Wildman–Crippen MR) is 69.1 cm³/mol. The van der Waals surface area contributed by atoms with Crippen LogP contribution in [0.5, 0.6) is 0 Å². The summed E-state index contributed by atoms with van der Waals surface area (Å²) in [6.45, 7) is 1.90. The van der Waals surface area contributed by atoms with Gasteiger partial charge in [-0.25, -0.2) is 13.2 Å². The fraction of sp³-hybridized carbons (Fsp3) is 0.125. The van der Waals surface area contributed by atoms with E-state index in [0.29, 0.717) is 6.42 Å². The van der Waals surface area contributed by atoms with Crippen LogP contribution in [-0.2, 0) is 6.42 Å². The van der Waals surface area contributed by atoms with E-state index in [1.165, 1.54) is 12.1 Å². The Hall–Kier alpha value is -2.21. The van der Waals surface area contributed by atoms with Crippen molar-refractivity contribution in [3.63, 3.8) is 0 Å². The third-order valence-electron chi connectivity index (χ3n) is 2.94. The second-order valence-electron chi connectivity index (χ2n) is 4.13. The van der Waals surface area contributed by atoms with Gasteiger partial charge in [-0.3, -0.25) is 0 Å². The summed E-state index contributed by atoms with van der Waals surface area (Å²) in [5.74, 6) is -0.305. The molecular formula is C16H11F3. The van der Waals surface area contributed by atoms with Gasteiger partial charge in [0.1, 0.15) is 17.5 Å². The van der Waals surface area contributed by atoms with Crippen LogP contribution >= 0.6 is 0 Å². The van der Waals surface area contributed by atoms with Gasteiger partial charge in [0.2, 0.25) is 0 Å². The Balaban J connectivity index is 2.57. The molecule has 0 N–H and O–H groups in total. The van der Waals surface area contributed by atoms with E-state index in [0.717, 1.165) is 17.7 Å². The van der Waals surface area contributed by atoms with E-state index in [1.807, 2.05) is 12.8 Å². The lowest BCUT2D eigenvalue weighted by molar-refractivity contribution is 0.577. The van der Waals surface area contributed by atoms with Crippen LogP contribution in [-0.4, -0.2) is 0 Å². The van der Waals surface area contributed by atoms with Crippen LogP contribution in [0.15, 0.2) is 30.3 Å². The van der Waals surface area contributed by atoms with Crippen molar-refractivity contribution in [3.05, 3.63) is 58.9 Å². The molecule has 0 atom stereocenters. The van der Waals surface area contributed by atoms with Gasteiger partial charge in [0.25, 0.3) is 0 Å². The minimum atomic E-state index is -0.864. The van der Waals surface area contributed by atoms with Crippen LogP contribution < -0.4 is 0 Å². The standard InChI is InChI=1S/C16H11F3/c1-3-10-5-6-13(14(17)7-10)11-8-15(18)12(4-2)16(19)9-11/h2,5-9H,3H2,1H3. The van der Waals surface area contributed by atoms with Gasteiger partial charge < -0.3 is 0 Å². The summed E-state index contributed by atoms with van der Waals surface area (Å²) in [5.41, 5.74) is 0.671. The van der Waals surface area contributed by atoms with E-state index in [-0.39, 0.29) is 11.1 Å². The SMILES string of the molecule is C#Cc1c(F)cc(-c2ccc(CC)cc2F)cc1F. The Bertz CT molecular complexity index is 643. The first-order valence-electron chi connectivity index (χ1n) is 5.81. The fourth-order valence-corrected chi connectivity index (χ4v) is 1.88. The maximum absolute atomic E-state index is 13.9. The average Bonchev–Trinajstić information content (AvgIpc) is 2.38. The minimum absolute atomic E-state index is 0.133. The van der Waals surface area contributed by atoms with Crippen LogP contribution in [0.2, 0.25) is 0 Å². The van der Waals surface area contributed by atoms with Gasteiger partial charge in [-0.2, -0.15) is 0 Å². The van der Waals surface area contributed by atoms with Crippen molar-refractivity contribution in [2.24, 2.45) is 0 Å². The van der Waals surface area contributed by atoms with Crippen molar-refractivity contribution < 1.29 is 13.2 Å². The van der Waals surface area contributed by atoms with E-state index in [2.05, 4.69) is 0 Å². The highest BCUT2D eigenvalue weighted by Gasteiger charge is 2.13. The van der Waals surface area contributed by atoms with Crippen molar-refractivity contribution >= 4 is 0 Å². The minimum Gasteiger partial charge on any atom is -0.206 e. The smallest absolute Gasteiger partial charge is 0.142 e. The summed E-state index contributed by atoms with van der Waals surface area (Å²) in [6, 6.07) is 6.69. The van der Waals surface area contributed by atoms with Crippen LogP contribution in [0.3, 0.4) is 0 Å². The maximum atomic E-state index is 13.9. The molecular weight excluding hydrogens is 249 g/mol. The lowest BCUT2D eigenvalue weighted by Gasteiger charge is -2.07. The molecule has 0 radical (unpaired) electrons. The van der Waals surface area contributed by atoms with E-state index in [4.69, 9.17) is 6.42 Å². The number of hydrogen-bond acceptors (Lipinski definition) is 0. The molecule has 0 aliphatic rings. The van der Waals surface area contributed by atoms with Gasteiger partial charge >= 0.3 is 0 Å². The highest BCUT2D eigenvalue weighted by molar-refractivity contribution is 5.66. The maximum Gasteiger partial charge on any atom is 0.142 e. The Morgan fingerprint density at radius 1 is 1.00 bits per heavy atom. The molecule has 0 saturated carbocycles. The summed E-state index contributed by atoms with van der Waals surface area (Å²) in [5, 5.41) is 0. The van der Waals surface area contributed by atoms with Gasteiger partial charge in [0.05, 0.1) is 5.56 Å². The molecule has 0 aliphatic carbocycles. The zero-order valence-electron chi connectivity index (χ0n) is 10.3. The largest absolute Gasteiger partial charge is 0.206 e. The van der Waals surface area contributed by atoms with Crippen molar-refractivity contribution in [1.29, 1.82) is 0 Å². The molecule has 0 unspecified atom stereocenters. The number of hydrogen-bond donors (Lipinski definition) is 0. The number of terminal acetylenes is 1. The second-order valence-corrected chi connectivity index (χ2v) is 4.13. The number of benzene rings is 2. The molecule has 2 aromatic rings. The normalized spacial score (nSPS) is 10.3. The molecule has 19 heavy (non-hydrogen) atoms. The monoisotopic (exact) mass is 260 g/mol. The highest BCUT2D eigenvalue weighted by atomic mass is 19.1. The van der Waals surface area contributed by atoms with Gasteiger partial charge in [-0.05, 0) is 35.7 Å².